The number of nitrogens with one attached hydrogen (secondary N) is 1. The summed E-state index contributed by atoms with van der Waals surface area (Å²) >= 11 is 0. The molecule has 0 amide bonds. The highest BCUT2D eigenvalue weighted by atomic mass is 16.5. The Hall–Kier alpha value is -0.120. The molecule has 2 fully saturated rings. The van der Waals surface area contributed by atoms with Crippen molar-refractivity contribution in [1.82, 2.24) is 10.2 Å². The lowest BCUT2D eigenvalue weighted by molar-refractivity contribution is -0.00753. The molecule has 0 spiro atoms. The minimum Gasteiger partial charge on any atom is -0.378 e. The van der Waals surface area contributed by atoms with Crippen LogP contribution in [0.15, 0.2) is 0 Å². The molecule has 1 saturated heterocycles. The topological polar surface area (TPSA) is 24.5 Å². The van der Waals surface area contributed by atoms with E-state index in [0.29, 0.717) is 6.04 Å². The van der Waals surface area contributed by atoms with Crippen LogP contribution in [-0.4, -0.2) is 49.8 Å². The van der Waals surface area contributed by atoms with E-state index in [1.165, 1.54) is 64.3 Å². The van der Waals surface area contributed by atoms with Crippen molar-refractivity contribution < 1.29 is 4.74 Å². The molecule has 3 heteroatoms. The molecule has 0 bridgehead atoms. The summed E-state index contributed by atoms with van der Waals surface area (Å²) in [7, 11) is 0. The summed E-state index contributed by atoms with van der Waals surface area (Å²) in [5.74, 6) is 0. The Morgan fingerprint density at radius 2 is 1.80 bits per heavy atom. The predicted octanol–water partition coefficient (Wildman–Crippen LogP) is 3.19. The Labute approximate surface area is 125 Å². The average molecular weight is 282 g/mol. The molecule has 118 valence electrons. The predicted molar refractivity (Wildman–Crippen MR) is 85.2 cm³/mol. The molecule has 1 N–H and O–H groups in total. The molecule has 1 atom stereocenters. The van der Waals surface area contributed by atoms with Crippen molar-refractivity contribution in [3.63, 3.8) is 0 Å². The Kier molecular flexibility index (Phi) is 7.92. The van der Waals surface area contributed by atoms with E-state index < -0.39 is 0 Å². The molecule has 1 aliphatic carbocycles. The Balaban J connectivity index is 1.52. The van der Waals surface area contributed by atoms with Crippen molar-refractivity contribution >= 4 is 0 Å². The van der Waals surface area contributed by atoms with Crippen LogP contribution in [0.5, 0.6) is 0 Å². The summed E-state index contributed by atoms with van der Waals surface area (Å²) in [5, 5.41) is 3.66. The maximum atomic E-state index is 5.66. The molecule has 20 heavy (non-hydrogen) atoms. The van der Waals surface area contributed by atoms with Gasteiger partial charge in [0.1, 0.15) is 0 Å². The first kappa shape index (κ1) is 16.3. The second-order valence-electron chi connectivity index (χ2n) is 6.57. The third-order valence-corrected chi connectivity index (χ3v) is 4.62. The second-order valence-corrected chi connectivity index (χ2v) is 6.57. The minimum atomic E-state index is 0.615. The van der Waals surface area contributed by atoms with Gasteiger partial charge in [-0.2, -0.15) is 0 Å². The lowest BCUT2D eigenvalue weighted by Crippen LogP contribution is -2.50. The van der Waals surface area contributed by atoms with Crippen LogP contribution in [-0.2, 0) is 4.74 Å². The van der Waals surface area contributed by atoms with Gasteiger partial charge in [0.05, 0.1) is 13.2 Å². The highest BCUT2D eigenvalue weighted by molar-refractivity contribution is 4.85. The Morgan fingerprint density at radius 3 is 2.55 bits per heavy atom. The molecule has 1 heterocycles. The van der Waals surface area contributed by atoms with Gasteiger partial charge in [0.25, 0.3) is 0 Å². The quantitative estimate of drug-likeness (QED) is 0.589. The van der Waals surface area contributed by atoms with E-state index in [1.54, 1.807) is 0 Å². The molecule has 0 aromatic rings. The number of ether oxygens (including phenoxy) is 1. The number of rotatable bonds is 11. The first-order valence-electron chi connectivity index (χ1n) is 8.95. The normalized spacial score (nSPS) is 24.1. The van der Waals surface area contributed by atoms with E-state index in [4.69, 9.17) is 4.74 Å². The molecule has 1 saturated carbocycles. The number of hydrogen-bond acceptors (Lipinski definition) is 3. The average Bonchev–Trinajstić information content (AvgIpc) is 3.29. The zero-order chi connectivity index (χ0) is 14.0. The second kappa shape index (κ2) is 9.75. The molecule has 2 rings (SSSR count). The highest BCUT2D eigenvalue weighted by Crippen LogP contribution is 2.19. The number of hydrogen-bond donors (Lipinski definition) is 1. The van der Waals surface area contributed by atoms with Gasteiger partial charge in [-0.1, -0.05) is 45.4 Å². The zero-order valence-electron chi connectivity index (χ0n) is 13.4. The van der Waals surface area contributed by atoms with E-state index in [0.717, 1.165) is 32.3 Å². The number of unbranched alkanes of at least 4 members (excludes halogenated alkanes) is 6. The van der Waals surface area contributed by atoms with Gasteiger partial charge in [-0.3, -0.25) is 4.90 Å². The fraction of sp³-hybridized carbons (Fsp3) is 1.00. The summed E-state index contributed by atoms with van der Waals surface area (Å²) in [6.07, 6.45) is 12.6. The molecule has 2 aliphatic rings. The van der Waals surface area contributed by atoms with Crippen molar-refractivity contribution in [3.8, 4) is 0 Å². The third-order valence-electron chi connectivity index (χ3n) is 4.62. The zero-order valence-corrected chi connectivity index (χ0v) is 13.4. The van der Waals surface area contributed by atoms with Crippen LogP contribution >= 0.6 is 0 Å². The van der Waals surface area contributed by atoms with Crippen molar-refractivity contribution in [1.29, 1.82) is 0 Å². The number of nitrogens with zero attached hydrogens (tertiary/aromatic N) is 1. The van der Waals surface area contributed by atoms with Crippen LogP contribution in [0.1, 0.15) is 64.7 Å². The SMILES string of the molecule is CCCCCCCCCN1CCOCC1CNC1CC1. The van der Waals surface area contributed by atoms with Crippen LogP contribution in [0.4, 0.5) is 0 Å². The summed E-state index contributed by atoms with van der Waals surface area (Å²) in [4.78, 5) is 2.66. The maximum absolute atomic E-state index is 5.66. The van der Waals surface area contributed by atoms with Crippen molar-refractivity contribution in [3.05, 3.63) is 0 Å². The van der Waals surface area contributed by atoms with E-state index >= 15 is 0 Å². The van der Waals surface area contributed by atoms with Gasteiger partial charge < -0.3 is 10.1 Å². The molecular formula is C17H34N2O. The van der Waals surface area contributed by atoms with E-state index in [2.05, 4.69) is 17.1 Å². The van der Waals surface area contributed by atoms with Crippen molar-refractivity contribution in [2.45, 2.75) is 76.8 Å². The van der Waals surface area contributed by atoms with Crippen molar-refractivity contribution in [2.75, 3.05) is 32.8 Å². The van der Waals surface area contributed by atoms with Crippen LogP contribution in [0.2, 0.25) is 0 Å². The third kappa shape index (κ3) is 6.55. The van der Waals surface area contributed by atoms with Crippen LogP contribution in [0.25, 0.3) is 0 Å². The number of morpholine rings is 1. The fourth-order valence-electron chi connectivity index (χ4n) is 3.03. The smallest absolute Gasteiger partial charge is 0.0634 e. The minimum absolute atomic E-state index is 0.615. The lowest BCUT2D eigenvalue weighted by Gasteiger charge is -2.35. The summed E-state index contributed by atoms with van der Waals surface area (Å²) in [6, 6.07) is 1.43. The highest BCUT2D eigenvalue weighted by Gasteiger charge is 2.26. The van der Waals surface area contributed by atoms with Gasteiger partial charge in [-0.25, -0.2) is 0 Å². The largest absolute Gasteiger partial charge is 0.378 e. The molecule has 1 unspecified atom stereocenters. The summed E-state index contributed by atoms with van der Waals surface area (Å²) < 4.78 is 5.66. The van der Waals surface area contributed by atoms with Gasteiger partial charge in [-0.05, 0) is 25.8 Å². The monoisotopic (exact) mass is 282 g/mol. The Morgan fingerprint density at radius 1 is 1.05 bits per heavy atom. The molecule has 0 aromatic heterocycles. The van der Waals surface area contributed by atoms with Gasteiger partial charge in [0.2, 0.25) is 0 Å². The maximum Gasteiger partial charge on any atom is 0.0634 e. The van der Waals surface area contributed by atoms with Crippen LogP contribution in [0.3, 0.4) is 0 Å². The standard InChI is InChI=1S/C17H34N2O/c1-2-3-4-5-6-7-8-11-19-12-13-20-15-17(19)14-18-16-9-10-16/h16-18H,2-15H2,1H3. The van der Waals surface area contributed by atoms with Crippen LogP contribution < -0.4 is 5.32 Å². The summed E-state index contributed by atoms with van der Waals surface area (Å²) in [6.45, 7) is 7.67. The molecule has 0 aromatic carbocycles. The molecule has 3 nitrogen and oxygen atoms in total. The first-order chi connectivity index (χ1) is 9.90. The summed E-state index contributed by atoms with van der Waals surface area (Å²) in [5.41, 5.74) is 0. The van der Waals surface area contributed by atoms with Crippen molar-refractivity contribution in [2.24, 2.45) is 0 Å². The van der Waals surface area contributed by atoms with Crippen LogP contribution in [0, 0.1) is 0 Å². The van der Waals surface area contributed by atoms with Gasteiger partial charge in [0, 0.05) is 25.2 Å². The Bertz CT molecular complexity index is 243. The lowest BCUT2D eigenvalue weighted by atomic mass is 10.1. The van der Waals surface area contributed by atoms with Gasteiger partial charge in [-0.15, -0.1) is 0 Å². The van der Waals surface area contributed by atoms with E-state index in [1.807, 2.05) is 0 Å². The molecule has 1 aliphatic heterocycles. The fourth-order valence-corrected chi connectivity index (χ4v) is 3.03. The van der Waals surface area contributed by atoms with E-state index in [-0.39, 0.29) is 0 Å². The molecular weight excluding hydrogens is 248 g/mol. The van der Waals surface area contributed by atoms with E-state index in [9.17, 15) is 0 Å². The van der Waals surface area contributed by atoms with Gasteiger partial charge in [0.15, 0.2) is 0 Å². The van der Waals surface area contributed by atoms with Gasteiger partial charge >= 0.3 is 0 Å². The first-order valence-corrected chi connectivity index (χ1v) is 8.95. The molecule has 0 radical (unpaired) electrons.